The molecule has 164 valence electrons. The molecule has 0 atom stereocenters. The zero-order chi connectivity index (χ0) is 22.8. The Bertz CT molecular complexity index is 1020. The molecule has 3 rings (SSSR count). The maximum absolute atomic E-state index is 10.9. The first-order valence-electron chi connectivity index (χ1n) is 10.5. The SMILES string of the molecule is CC(C)(C)c1cc(-c2nc(CCSc3ccc(C=O)cc3)co2)cc(C(C)(C)C)c1O. The lowest BCUT2D eigenvalue weighted by Gasteiger charge is -2.27. The van der Waals surface area contributed by atoms with Gasteiger partial charge in [-0.05, 0) is 35.1 Å². The average molecular weight is 438 g/mol. The molecule has 1 N–H and O–H groups in total. The van der Waals surface area contributed by atoms with Gasteiger partial charge in [-0.1, -0.05) is 53.7 Å². The van der Waals surface area contributed by atoms with Gasteiger partial charge in [-0.3, -0.25) is 4.79 Å². The second kappa shape index (κ2) is 8.91. The van der Waals surface area contributed by atoms with E-state index in [-0.39, 0.29) is 10.8 Å². The molecule has 0 spiro atoms. The number of rotatable bonds is 6. The van der Waals surface area contributed by atoms with Crippen LogP contribution >= 0.6 is 11.8 Å². The number of phenols is 1. The van der Waals surface area contributed by atoms with E-state index < -0.39 is 0 Å². The summed E-state index contributed by atoms with van der Waals surface area (Å²) in [6.45, 7) is 12.6. The van der Waals surface area contributed by atoms with Crippen molar-refractivity contribution in [1.29, 1.82) is 0 Å². The Morgan fingerprint density at radius 1 is 1.00 bits per heavy atom. The highest BCUT2D eigenvalue weighted by atomic mass is 32.2. The van der Waals surface area contributed by atoms with Crippen molar-refractivity contribution in [2.75, 3.05) is 5.75 Å². The fourth-order valence-corrected chi connectivity index (χ4v) is 4.25. The van der Waals surface area contributed by atoms with Crippen LogP contribution in [-0.4, -0.2) is 22.1 Å². The van der Waals surface area contributed by atoms with E-state index >= 15 is 0 Å². The fraction of sp³-hybridized carbons (Fsp3) is 0.385. The van der Waals surface area contributed by atoms with Crippen molar-refractivity contribution in [2.45, 2.75) is 63.7 Å². The largest absolute Gasteiger partial charge is 0.507 e. The topological polar surface area (TPSA) is 63.3 Å². The minimum absolute atomic E-state index is 0.203. The highest BCUT2D eigenvalue weighted by molar-refractivity contribution is 7.99. The van der Waals surface area contributed by atoms with E-state index in [4.69, 9.17) is 9.40 Å². The maximum Gasteiger partial charge on any atom is 0.226 e. The number of benzene rings is 2. The number of aromatic nitrogens is 1. The molecule has 0 fully saturated rings. The fourth-order valence-electron chi connectivity index (χ4n) is 3.37. The number of carbonyl (C=O) groups is 1. The van der Waals surface area contributed by atoms with Crippen LogP contribution in [-0.2, 0) is 17.3 Å². The molecule has 1 aromatic heterocycles. The predicted molar refractivity (Wildman–Crippen MR) is 127 cm³/mol. The molecule has 0 saturated carbocycles. The van der Waals surface area contributed by atoms with Crippen LogP contribution in [0, 0.1) is 0 Å². The number of aldehydes is 1. The molecule has 31 heavy (non-hydrogen) atoms. The smallest absolute Gasteiger partial charge is 0.226 e. The van der Waals surface area contributed by atoms with Crippen LogP contribution in [0.15, 0.2) is 52.0 Å². The van der Waals surface area contributed by atoms with E-state index in [1.54, 1.807) is 18.0 Å². The van der Waals surface area contributed by atoms with E-state index in [0.717, 1.165) is 45.7 Å². The molecule has 3 aromatic rings. The minimum Gasteiger partial charge on any atom is -0.507 e. The highest BCUT2D eigenvalue weighted by Crippen LogP contribution is 2.41. The van der Waals surface area contributed by atoms with Crippen LogP contribution in [0.4, 0.5) is 0 Å². The Hall–Kier alpha value is -2.53. The number of hydrogen-bond acceptors (Lipinski definition) is 5. The number of hydrogen-bond donors (Lipinski definition) is 1. The summed E-state index contributed by atoms with van der Waals surface area (Å²) in [5.74, 6) is 1.79. The monoisotopic (exact) mass is 437 g/mol. The van der Waals surface area contributed by atoms with Crippen LogP contribution in [0.3, 0.4) is 0 Å². The summed E-state index contributed by atoms with van der Waals surface area (Å²) >= 11 is 1.72. The molecule has 0 bridgehead atoms. The molecule has 0 amide bonds. The highest BCUT2D eigenvalue weighted by Gasteiger charge is 2.27. The first-order chi connectivity index (χ1) is 14.5. The number of thioether (sulfide) groups is 1. The zero-order valence-electron chi connectivity index (χ0n) is 19.2. The number of phenolic OH excluding ortho intramolecular Hbond substituents is 1. The van der Waals surface area contributed by atoms with Gasteiger partial charge in [-0.2, -0.15) is 0 Å². The van der Waals surface area contributed by atoms with Gasteiger partial charge in [0, 0.05) is 39.3 Å². The molecule has 4 nitrogen and oxygen atoms in total. The molecule has 0 aliphatic carbocycles. The molecule has 5 heteroatoms. The zero-order valence-corrected chi connectivity index (χ0v) is 20.0. The van der Waals surface area contributed by atoms with Gasteiger partial charge in [0.25, 0.3) is 0 Å². The van der Waals surface area contributed by atoms with Crippen molar-refractivity contribution in [3.63, 3.8) is 0 Å². The lowest BCUT2D eigenvalue weighted by molar-refractivity contribution is 0.112. The Labute approximate surface area is 189 Å². The van der Waals surface area contributed by atoms with Gasteiger partial charge >= 0.3 is 0 Å². The van der Waals surface area contributed by atoms with Crippen LogP contribution in [0.2, 0.25) is 0 Å². The van der Waals surface area contributed by atoms with E-state index in [0.29, 0.717) is 17.2 Å². The summed E-state index contributed by atoms with van der Waals surface area (Å²) in [4.78, 5) is 16.6. The summed E-state index contributed by atoms with van der Waals surface area (Å²) in [7, 11) is 0. The van der Waals surface area contributed by atoms with Gasteiger partial charge in [0.15, 0.2) is 0 Å². The molecule has 0 aliphatic heterocycles. The second-order valence-electron chi connectivity index (χ2n) is 9.85. The van der Waals surface area contributed by atoms with E-state index in [1.807, 2.05) is 36.4 Å². The Morgan fingerprint density at radius 2 is 1.58 bits per heavy atom. The molecule has 2 aromatic carbocycles. The normalized spacial score (nSPS) is 12.2. The van der Waals surface area contributed by atoms with Gasteiger partial charge in [-0.25, -0.2) is 4.98 Å². The number of oxazole rings is 1. The summed E-state index contributed by atoms with van der Waals surface area (Å²) in [6.07, 6.45) is 3.34. The van der Waals surface area contributed by atoms with Gasteiger partial charge < -0.3 is 9.52 Å². The second-order valence-corrected chi connectivity index (χ2v) is 11.0. The summed E-state index contributed by atoms with van der Waals surface area (Å²) < 4.78 is 5.82. The molecule has 0 radical (unpaired) electrons. The van der Waals surface area contributed by atoms with Crippen molar-refractivity contribution in [2.24, 2.45) is 0 Å². The number of aryl methyl sites for hydroxylation is 1. The van der Waals surface area contributed by atoms with Crippen LogP contribution < -0.4 is 0 Å². The molecular formula is C26H31NO3S. The third kappa shape index (κ3) is 5.59. The first-order valence-corrected chi connectivity index (χ1v) is 11.5. The molecule has 1 heterocycles. The summed E-state index contributed by atoms with van der Waals surface area (Å²) in [5.41, 5.74) is 3.85. The number of carbonyl (C=O) groups excluding carboxylic acids is 1. The Morgan fingerprint density at radius 3 is 2.10 bits per heavy atom. The van der Waals surface area contributed by atoms with Crippen molar-refractivity contribution >= 4 is 18.0 Å². The van der Waals surface area contributed by atoms with Gasteiger partial charge in [0.1, 0.15) is 18.3 Å². The van der Waals surface area contributed by atoms with Crippen LogP contribution in [0.1, 0.15) is 68.7 Å². The van der Waals surface area contributed by atoms with Crippen molar-refractivity contribution in [3.05, 3.63) is 65.0 Å². The number of nitrogens with zero attached hydrogens (tertiary/aromatic N) is 1. The van der Waals surface area contributed by atoms with Crippen molar-refractivity contribution in [3.8, 4) is 17.2 Å². The maximum atomic E-state index is 10.9. The lowest BCUT2D eigenvalue weighted by Crippen LogP contribution is -2.17. The summed E-state index contributed by atoms with van der Waals surface area (Å²) in [5, 5.41) is 10.9. The Balaban J connectivity index is 1.80. The third-order valence-corrected chi connectivity index (χ3v) is 6.18. The van der Waals surface area contributed by atoms with E-state index in [2.05, 4.69) is 41.5 Å². The number of aromatic hydroxyl groups is 1. The predicted octanol–water partition coefficient (Wildman–Crippen LogP) is 6.79. The standard InChI is InChI=1S/C26H31NO3S/c1-25(2,3)21-13-18(14-22(23(21)29)26(4,5)6)24-27-19(16-30-24)11-12-31-20-9-7-17(15-28)8-10-20/h7-10,13-16,29H,11-12H2,1-6H3. The molecule has 0 aliphatic rings. The van der Waals surface area contributed by atoms with Crippen molar-refractivity contribution < 1.29 is 14.3 Å². The van der Waals surface area contributed by atoms with Gasteiger partial charge in [0.2, 0.25) is 5.89 Å². The van der Waals surface area contributed by atoms with Gasteiger partial charge in [-0.15, -0.1) is 11.8 Å². The molecular weight excluding hydrogens is 406 g/mol. The average Bonchev–Trinajstić information content (AvgIpc) is 3.16. The van der Waals surface area contributed by atoms with E-state index in [9.17, 15) is 9.90 Å². The third-order valence-electron chi connectivity index (χ3n) is 5.17. The van der Waals surface area contributed by atoms with Crippen molar-refractivity contribution in [1.82, 2.24) is 4.98 Å². The minimum atomic E-state index is -0.203. The first kappa shape index (κ1) is 23.1. The summed E-state index contributed by atoms with van der Waals surface area (Å²) in [6, 6.07) is 11.6. The van der Waals surface area contributed by atoms with Gasteiger partial charge in [0.05, 0.1) is 5.69 Å². The van der Waals surface area contributed by atoms with Crippen LogP contribution in [0.5, 0.6) is 5.75 Å². The quantitative estimate of drug-likeness (QED) is 0.340. The molecule has 0 unspecified atom stereocenters. The molecule has 0 saturated heterocycles. The van der Waals surface area contributed by atoms with Crippen LogP contribution in [0.25, 0.3) is 11.5 Å². The van der Waals surface area contributed by atoms with E-state index in [1.165, 1.54) is 0 Å². The Kier molecular flexibility index (Phi) is 6.65. The lowest BCUT2D eigenvalue weighted by atomic mass is 9.78.